The van der Waals surface area contributed by atoms with Crippen LogP contribution in [0.2, 0.25) is 0 Å². The van der Waals surface area contributed by atoms with Crippen LogP contribution in [0.3, 0.4) is 0 Å². The number of aliphatic hydroxyl groups excluding tert-OH is 1. The summed E-state index contributed by atoms with van der Waals surface area (Å²) in [7, 11) is 0. The first-order valence-corrected chi connectivity index (χ1v) is 4.71. The average molecular weight is 146 g/mol. The quantitative estimate of drug-likeness (QED) is 0.653. The molecule has 0 aliphatic heterocycles. The minimum atomic E-state index is 0.348. The number of hydrogen-bond donors (Lipinski definition) is 1. The van der Waals surface area contributed by atoms with E-state index < -0.39 is 0 Å². The van der Waals surface area contributed by atoms with Crippen molar-refractivity contribution in [3.63, 3.8) is 0 Å². The van der Waals surface area contributed by atoms with Crippen LogP contribution < -0.4 is 0 Å². The van der Waals surface area contributed by atoms with Crippen molar-refractivity contribution in [3.05, 3.63) is 0 Å². The van der Waals surface area contributed by atoms with Crippen LogP contribution in [0.15, 0.2) is 0 Å². The summed E-state index contributed by atoms with van der Waals surface area (Å²) >= 11 is 1.93. The first-order valence-electron chi connectivity index (χ1n) is 3.66. The molecule has 0 amide bonds. The maximum absolute atomic E-state index is 8.51. The zero-order chi connectivity index (χ0) is 6.53. The van der Waals surface area contributed by atoms with Crippen molar-refractivity contribution in [1.29, 1.82) is 0 Å². The average Bonchev–Trinajstić information content (AvgIpc) is 2.34. The minimum absolute atomic E-state index is 0.348. The second kappa shape index (κ2) is 4.18. The van der Waals surface area contributed by atoms with Gasteiger partial charge in [-0.05, 0) is 12.8 Å². The Labute approximate surface area is 60.8 Å². The molecule has 0 spiro atoms. The highest BCUT2D eigenvalue weighted by atomic mass is 32.2. The fourth-order valence-corrected chi connectivity index (χ4v) is 2.38. The summed E-state index contributed by atoms with van der Waals surface area (Å²) in [5.74, 6) is 0.935. The molecule has 0 aromatic carbocycles. The molecule has 0 atom stereocenters. The third-order valence-electron chi connectivity index (χ3n) is 1.75. The smallest absolute Gasteiger partial charge is 0.0521 e. The van der Waals surface area contributed by atoms with Crippen molar-refractivity contribution < 1.29 is 5.11 Å². The lowest BCUT2D eigenvalue weighted by Crippen LogP contribution is -1.97. The molecule has 1 N–H and O–H groups in total. The van der Waals surface area contributed by atoms with Gasteiger partial charge in [0.1, 0.15) is 0 Å². The van der Waals surface area contributed by atoms with Gasteiger partial charge in [0.05, 0.1) is 6.61 Å². The molecular formula is C7H14OS. The first kappa shape index (κ1) is 7.42. The van der Waals surface area contributed by atoms with Gasteiger partial charge < -0.3 is 5.11 Å². The van der Waals surface area contributed by atoms with E-state index in [9.17, 15) is 0 Å². The van der Waals surface area contributed by atoms with E-state index in [0.29, 0.717) is 6.61 Å². The topological polar surface area (TPSA) is 20.2 Å². The summed E-state index contributed by atoms with van der Waals surface area (Å²) in [4.78, 5) is 0. The lowest BCUT2D eigenvalue weighted by molar-refractivity contribution is 0.322. The second-order valence-corrected chi connectivity index (χ2v) is 3.91. The third kappa shape index (κ3) is 2.59. The molecule has 2 heteroatoms. The van der Waals surface area contributed by atoms with E-state index in [1.807, 2.05) is 11.8 Å². The Balaban J connectivity index is 1.98. The van der Waals surface area contributed by atoms with E-state index in [-0.39, 0.29) is 0 Å². The molecule has 1 saturated carbocycles. The predicted molar refractivity (Wildman–Crippen MR) is 41.8 cm³/mol. The van der Waals surface area contributed by atoms with E-state index in [0.717, 1.165) is 11.0 Å². The van der Waals surface area contributed by atoms with Gasteiger partial charge in [0.25, 0.3) is 0 Å². The maximum atomic E-state index is 8.51. The molecule has 1 rings (SSSR count). The van der Waals surface area contributed by atoms with Crippen molar-refractivity contribution in [1.82, 2.24) is 0 Å². The van der Waals surface area contributed by atoms with Crippen LogP contribution >= 0.6 is 11.8 Å². The Morgan fingerprint density at radius 3 is 2.56 bits per heavy atom. The van der Waals surface area contributed by atoms with Gasteiger partial charge in [-0.2, -0.15) is 11.8 Å². The molecule has 9 heavy (non-hydrogen) atoms. The van der Waals surface area contributed by atoms with Gasteiger partial charge in [-0.1, -0.05) is 12.8 Å². The molecule has 0 saturated heterocycles. The Hall–Kier alpha value is 0.310. The number of thioether (sulfide) groups is 1. The Morgan fingerprint density at radius 2 is 2.00 bits per heavy atom. The van der Waals surface area contributed by atoms with Crippen molar-refractivity contribution >= 4 is 11.8 Å². The van der Waals surface area contributed by atoms with Crippen LogP contribution in [0.25, 0.3) is 0 Å². The summed E-state index contributed by atoms with van der Waals surface area (Å²) in [6.45, 7) is 0.348. The second-order valence-electron chi connectivity index (χ2n) is 2.50. The normalized spacial score (nSPS) is 21.0. The highest BCUT2D eigenvalue weighted by Crippen LogP contribution is 2.28. The van der Waals surface area contributed by atoms with Gasteiger partial charge in [-0.3, -0.25) is 0 Å². The molecule has 0 bridgehead atoms. The van der Waals surface area contributed by atoms with Crippen molar-refractivity contribution in [2.75, 3.05) is 12.4 Å². The lowest BCUT2D eigenvalue weighted by atomic mass is 10.4. The van der Waals surface area contributed by atoms with Gasteiger partial charge in [0.2, 0.25) is 0 Å². The summed E-state index contributed by atoms with van der Waals surface area (Å²) in [6.07, 6.45) is 5.57. The highest BCUT2D eigenvalue weighted by molar-refractivity contribution is 7.99. The Bertz CT molecular complexity index is 69.3. The van der Waals surface area contributed by atoms with Gasteiger partial charge in [-0.15, -0.1) is 0 Å². The molecule has 0 aromatic rings. The van der Waals surface area contributed by atoms with Crippen LogP contribution in [0.1, 0.15) is 25.7 Å². The van der Waals surface area contributed by atoms with E-state index >= 15 is 0 Å². The summed E-state index contributed by atoms with van der Waals surface area (Å²) in [5, 5.41) is 9.38. The lowest BCUT2D eigenvalue weighted by Gasteiger charge is -2.04. The number of hydrogen-bond acceptors (Lipinski definition) is 2. The van der Waals surface area contributed by atoms with Crippen LogP contribution in [0, 0.1) is 0 Å². The molecule has 0 heterocycles. The van der Waals surface area contributed by atoms with Crippen LogP contribution in [0.4, 0.5) is 0 Å². The first-order chi connectivity index (χ1) is 4.43. The number of rotatable bonds is 3. The minimum Gasteiger partial charge on any atom is -0.396 e. The van der Waals surface area contributed by atoms with Gasteiger partial charge in [0, 0.05) is 11.0 Å². The van der Waals surface area contributed by atoms with Crippen LogP contribution in [0.5, 0.6) is 0 Å². The van der Waals surface area contributed by atoms with E-state index in [2.05, 4.69) is 0 Å². The molecule has 1 nitrogen and oxygen atoms in total. The maximum Gasteiger partial charge on any atom is 0.0521 e. The van der Waals surface area contributed by atoms with Crippen molar-refractivity contribution in [2.24, 2.45) is 0 Å². The molecule has 0 unspecified atom stereocenters. The van der Waals surface area contributed by atoms with Crippen LogP contribution in [-0.4, -0.2) is 22.7 Å². The molecule has 0 radical (unpaired) electrons. The molecule has 1 aliphatic rings. The fourth-order valence-electron chi connectivity index (χ4n) is 1.27. The third-order valence-corrected chi connectivity index (χ3v) is 3.11. The van der Waals surface area contributed by atoms with E-state index in [4.69, 9.17) is 5.11 Å². The van der Waals surface area contributed by atoms with Gasteiger partial charge >= 0.3 is 0 Å². The molecular weight excluding hydrogens is 132 g/mol. The molecule has 0 aromatic heterocycles. The van der Waals surface area contributed by atoms with Crippen molar-refractivity contribution in [3.8, 4) is 0 Å². The number of aliphatic hydroxyl groups is 1. The molecule has 54 valence electrons. The zero-order valence-electron chi connectivity index (χ0n) is 5.68. The Kier molecular flexibility index (Phi) is 3.44. The molecule has 1 fully saturated rings. The van der Waals surface area contributed by atoms with E-state index in [1.54, 1.807) is 0 Å². The largest absolute Gasteiger partial charge is 0.396 e. The SMILES string of the molecule is OCCSC1CCCC1. The zero-order valence-corrected chi connectivity index (χ0v) is 6.49. The van der Waals surface area contributed by atoms with Crippen LogP contribution in [-0.2, 0) is 0 Å². The standard InChI is InChI=1S/C7H14OS/c8-5-6-9-7-3-1-2-4-7/h7-8H,1-6H2. The Morgan fingerprint density at radius 1 is 1.33 bits per heavy atom. The highest BCUT2D eigenvalue weighted by Gasteiger charge is 2.13. The van der Waals surface area contributed by atoms with Crippen molar-refractivity contribution in [2.45, 2.75) is 30.9 Å². The van der Waals surface area contributed by atoms with Gasteiger partial charge in [0.15, 0.2) is 0 Å². The molecule has 1 aliphatic carbocycles. The predicted octanol–water partition coefficient (Wildman–Crippen LogP) is 1.65. The summed E-state index contributed by atoms with van der Waals surface area (Å²) < 4.78 is 0. The summed E-state index contributed by atoms with van der Waals surface area (Å²) in [6, 6.07) is 0. The fraction of sp³-hybridized carbons (Fsp3) is 1.00. The summed E-state index contributed by atoms with van der Waals surface area (Å²) in [5.41, 5.74) is 0. The van der Waals surface area contributed by atoms with Gasteiger partial charge in [-0.25, -0.2) is 0 Å². The van der Waals surface area contributed by atoms with E-state index in [1.165, 1.54) is 25.7 Å². The monoisotopic (exact) mass is 146 g/mol.